The molecule has 0 aliphatic carbocycles. The third-order valence-corrected chi connectivity index (χ3v) is 3.43. The van der Waals surface area contributed by atoms with Gasteiger partial charge >= 0.3 is 18.2 Å². The lowest BCUT2D eigenvalue weighted by Gasteiger charge is -2.27. The SMILES string of the molecule is CCCCCC/C=C/[C@H]([C@H](NC(=O)OC(C)(C)C)C(=O)OC)C(F)(F)F. The van der Waals surface area contributed by atoms with E-state index in [1.165, 1.54) is 6.08 Å². The van der Waals surface area contributed by atoms with E-state index < -0.39 is 35.8 Å². The molecule has 0 rings (SSSR count). The summed E-state index contributed by atoms with van der Waals surface area (Å²) in [6.07, 6.45) is 0.650. The van der Waals surface area contributed by atoms with Crippen LogP contribution in [-0.2, 0) is 14.3 Å². The highest BCUT2D eigenvalue weighted by Gasteiger charge is 2.47. The molecule has 0 fully saturated rings. The first-order valence-electron chi connectivity index (χ1n) is 8.73. The number of hydrogen-bond acceptors (Lipinski definition) is 4. The maximum Gasteiger partial charge on any atom is 0.408 e. The first kappa shape index (κ1) is 24.3. The lowest BCUT2D eigenvalue weighted by Crippen LogP contribution is -2.51. The van der Waals surface area contributed by atoms with Crippen LogP contribution in [0.4, 0.5) is 18.0 Å². The second-order valence-corrected chi connectivity index (χ2v) is 6.99. The van der Waals surface area contributed by atoms with Crippen molar-refractivity contribution in [1.82, 2.24) is 5.32 Å². The minimum absolute atomic E-state index is 0.465. The number of carbonyl (C=O) groups excluding carboxylic acids is 2. The summed E-state index contributed by atoms with van der Waals surface area (Å²) in [7, 11) is 0.966. The van der Waals surface area contributed by atoms with E-state index in [1.807, 2.05) is 12.2 Å². The van der Waals surface area contributed by atoms with Gasteiger partial charge in [-0.25, -0.2) is 9.59 Å². The van der Waals surface area contributed by atoms with E-state index in [1.54, 1.807) is 20.8 Å². The molecule has 0 unspecified atom stereocenters. The Morgan fingerprint density at radius 1 is 1.12 bits per heavy atom. The fraction of sp³-hybridized carbons (Fsp3) is 0.778. The molecule has 0 aromatic heterocycles. The van der Waals surface area contributed by atoms with E-state index in [0.29, 0.717) is 6.42 Å². The second kappa shape index (κ2) is 11.1. The maximum atomic E-state index is 13.4. The molecule has 0 saturated carbocycles. The zero-order valence-electron chi connectivity index (χ0n) is 16.1. The van der Waals surface area contributed by atoms with Gasteiger partial charge < -0.3 is 14.8 Å². The highest BCUT2D eigenvalue weighted by molar-refractivity contribution is 5.82. The van der Waals surface area contributed by atoms with E-state index in [2.05, 4.69) is 4.74 Å². The van der Waals surface area contributed by atoms with Gasteiger partial charge in [0.05, 0.1) is 7.11 Å². The monoisotopic (exact) mass is 381 g/mol. The first-order chi connectivity index (χ1) is 11.9. The molecule has 0 saturated heterocycles. The molecule has 5 nitrogen and oxygen atoms in total. The van der Waals surface area contributed by atoms with Crippen LogP contribution in [0.3, 0.4) is 0 Å². The van der Waals surface area contributed by atoms with Gasteiger partial charge in [0.25, 0.3) is 0 Å². The lowest BCUT2D eigenvalue weighted by atomic mass is 9.97. The number of allylic oxidation sites excluding steroid dienone is 1. The number of ether oxygens (including phenoxy) is 2. The normalized spacial score (nSPS) is 14.8. The Morgan fingerprint density at radius 2 is 1.73 bits per heavy atom. The van der Waals surface area contributed by atoms with Crippen molar-refractivity contribution in [2.75, 3.05) is 7.11 Å². The van der Waals surface area contributed by atoms with Gasteiger partial charge in [-0.15, -0.1) is 0 Å². The van der Waals surface area contributed by atoms with Gasteiger partial charge in [-0.3, -0.25) is 0 Å². The number of alkyl carbamates (subject to hydrolysis) is 1. The molecule has 0 spiro atoms. The summed E-state index contributed by atoms with van der Waals surface area (Å²) in [5, 5.41) is 1.99. The molecule has 0 aromatic rings. The van der Waals surface area contributed by atoms with Crippen molar-refractivity contribution in [2.24, 2.45) is 5.92 Å². The molecule has 0 bridgehead atoms. The number of halogens is 3. The summed E-state index contributed by atoms with van der Waals surface area (Å²) < 4.78 is 49.7. The van der Waals surface area contributed by atoms with Gasteiger partial charge in [-0.05, 0) is 33.6 Å². The Bertz CT molecular complexity index is 470. The predicted molar refractivity (Wildman–Crippen MR) is 92.6 cm³/mol. The predicted octanol–water partition coefficient (Wildman–Crippen LogP) is 4.76. The van der Waals surface area contributed by atoms with Gasteiger partial charge in [0, 0.05) is 0 Å². The maximum absolute atomic E-state index is 13.4. The van der Waals surface area contributed by atoms with E-state index in [0.717, 1.165) is 38.9 Å². The van der Waals surface area contributed by atoms with Crippen LogP contribution in [0.25, 0.3) is 0 Å². The molecule has 152 valence electrons. The number of unbranched alkanes of at least 4 members (excludes halogenated alkanes) is 4. The zero-order chi connectivity index (χ0) is 20.4. The van der Waals surface area contributed by atoms with Gasteiger partial charge in [-0.1, -0.05) is 38.3 Å². The molecule has 1 N–H and O–H groups in total. The van der Waals surface area contributed by atoms with Gasteiger partial charge in [0.1, 0.15) is 17.6 Å². The van der Waals surface area contributed by atoms with Crippen LogP contribution in [0.5, 0.6) is 0 Å². The van der Waals surface area contributed by atoms with E-state index in [4.69, 9.17) is 4.74 Å². The molecular weight excluding hydrogens is 351 g/mol. The van der Waals surface area contributed by atoms with Crippen molar-refractivity contribution in [1.29, 1.82) is 0 Å². The van der Waals surface area contributed by atoms with Crippen molar-refractivity contribution < 1.29 is 32.2 Å². The number of amides is 1. The summed E-state index contributed by atoms with van der Waals surface area (Å²) in [5.74, 6) is -3.39. The summed E-state index contributed by atoms with van der Waals surface area (Å²) in [6.45, 7) is 6.74. The average molecular weight is 381 g/mol. The van der Waals surface area contributed by atoms with Crippen LogP contribution in [0.1, 0.15) is 59.8 Å². The van der Waals surface area contributed by atoms with Crippen LogP contribution in [0, 0.1) is 5.92 Å². The Balaban J connectivity index is 5.22. The van der Waals surface area contributed by atoms with Crippen LogP contribution in [0.15, 0.2) is 12.2 Å². The molecule has 26 heavy (non-hydrogen) atoms. The van der Waals surface area contributed by atoms with E-state index in [9.17, 15) is 22.8 Å². The lowest BCUT2D eigenvalue weighted by molar-refractivity contribution is -0.179. The molecule has 0 aliphatic rings. The smallest absolute Gasteiger partial charge is 0.408 e. The fourth-order valence-electron chi connectivity index (χ4n) is 2.20. The highest BCUT2D eigenvalue weighted by Crippen LogP contribution is 2.31. The highest BCUT2D eigenvalue weighted by atomic mass is 19.4. The summed E-state index contributed by atoms with van der Waals surface area (Å²) in [5.41, 5.74) is -0.909. The van der Waals surface area contributed by atoms with Gasteiger partial charge in [-0.2, -0.15) is 13.2 Å². The third kappa shape index (κ3) is 10.3. The van der Waals surface area contributed by atoms with Crippen LogP contribution in [0.2, 0.25) is 0 Å². The number of methoxy groups -OCH3 is 1. The molecule has 0 heterocycles. The Labute approximate surface area is 153 Å². The number of alkyl halides is 3. The van der Waals surface area contributed by atoms with Gasteiger partial charge in [0.15, 0.2) is 0 Å². The number of esters is 1. The van der Waals surface area contributed by atoms with E-state index >= 15 is 0 Å². The molecular formula is C18H30F3NO4. The van der Waals surface area contributed by atoms with Gasteiger partial charge in [0.2, 0.25) is 0 Å². The second-order valence-electron chi connectivity index (χ2n) is 6.99. The number of hydrogen-bond donors (Lipinski definition) is 1. The van der Waals surface area contributed by atoms with Crippen LogP contribution in [-0.4, -0.2) is 37.0 Å². The van der Waals surface area contributed by atoms with Crippen molar-refractivity contribution in [3.05, 3.63) is 12.2 Å². The first-order valence-corrected chi connectivity index (χ1v) is 8.73. The van der Waals surface area contributed by atoms with Crippen LogP contribution >= 0.6 is 0 Å². The largest absolute Gasteiger partial charge is 0.467 e. The standard InChI is InChI=1S/C18H30F3NO4/c1-6-7-8-9-10-11-12-13(18(19,20)21)14(15(23)25-5)22-16(24)26-17(2,3)4/h11-14H,6-10H2,1-5H3,(H,22,24)/b12-11+/t13-,14+/m1/s1. The Hall–Kier alpha value is -1.73. The zero-order valence-corrected chi connectivity index (χ0v) is 16.1. The Morgan fingerprint density at radius 3 is 2.19 bits per heavy atom. The number of nitrogens with one attached hydrogen (secondary N) is 1. The minimum atomic E-state index is -4.73. The average Bonchev–Trinajstić information content (AvgIpc) is 2.48. The summed E-state index contributed by atoms with van der Waals surface area (Å²) in [6, 6.07) is -1.92. The van der Waals surface area contributed by atoms with Crippen molar-refractivity contribution >= 4 is 12.1 Å². The summed E-state index contributed by atoms with van der Waals surface area (Å²) >= 11 is 0. The number of rotatable bonds is 9. The number of carbonyl (C=O) groups is 2. The van der Waals surface area contributed by atoms with Crippen molar-refractivity contribution in [2.45, 2.75) is 77.6 Å². The topological polar surface area (TPSA) is 64.6 Å². The fourth-order valence-corrected chi connectivity index (χ4v) is 2.20. The molecule has 2 atom stereocenters. The molecule has 1 amide bonds. The Kier molecular flexibility index (Phi) is 10.3. The molecule has 0 aliphatic heterocycles. The summed E-state index contributed by atoms with van der Waals surface area (Å²) in [4.78, 5) is 23.7. The van der Waals surface area contributed by atoms with Crippen LogP contribution < -0.4 is 5.32 Å². The molecule has 0 aromatic carbocycles. The van der Waals surface area contributed by atoms with Crippen molar-refractivity contribution in [3.63, 3.8) is 0 Å². The van der Waals surface area contributed by atoms with E-state index in [-0.39, 0.29) is 0 Å². The quantitative estimate of drug-likeness (QED) is 0.355. The minimum Gasteiger partial charge on any atom is -0.467 e. The third-order valence-electron chi connectivity index (χ3n) is 3.43. The molecule has 8 heteroatoms. The van der Waals surface area contributed by atoms with Crippen molar-refractivity contribution in [3.8, 4) is 0 Å². The molecule has 0 radical (unpaired) electrons.